The van der Waals surface area contributed by atoms with Gasteiger partial charge in [-0.2, -0.15) is 0 Å². The van der Waals surface area contributed by atoms with Crippen molar-refractivity contribution in [3.05, 3.63) is 27.1 Å². The maximum absolute atomic E-state index is 11.9. The second kappa shape index (κ2) is 4.39. The highest BCUT2D eigenvalue weighted by molar-refractivity contribution is 7.17. The van der Waals surface area contributed by atoms with Crippen LogP contribution in [0.3, 0.4) is 0 Å². The third kappa shape index (κ3) is 2.17. The number of carbonyl (C=O) groups excluding carboxylic acids is 1. The second-order valence-corrected chi connectivity index (χ2v) is 5.21. The van der Waals surface area contributed by atoms with Gasteiger partial charge in [-0.25, -0.2) is 0 Å². The van der Waals surface area contributed by atoms with E-state index in [1.807, 2.05) is 0 Å². The molecule has 1 aromatic rings. The van der Waals surface area contributed by atoms with Gasteiger partial charge in [0, 0.05) is 19.2 Å². The standard InChI is InChI=1S/C9H9ClN2O3S/c10-6-3-4-11(5-6)9(13)7-1-2-8(16-7)12(14)15/h1-2,6H,3-5H2. The molecule has 1 fully saturated rings. The molecule has 0 aliphatic carbocycles. The summed E-state index contributed by atoms with van der Waals surface area (Å²) in [6, 6.07) is 2.85. The monoisotopic (exact) mass is 260 g/mol. The van der Waals surface area contributed by atoms with Gasteiger partial charge >= 0.3 is 5.00 Å². The lowest BCUT2D eigenvalue weighted by Gasteiger charge is -2.13. The van der Waals surface area contributed by atoms with Crippen LogP contribution in [-0.2, 0) is 0 Å². The minimum Gasteiger partial charge on any atom is -0.336 e. The third-order valence-corrected chi connectivity index (χ3v) is 3.78. The lowest BCUT2D eigenvalue weighted by molar-refractivity contribution is -0.380. The van der Waals surface area contributed by atoms with Crippen molar-refractivity contribution in [3.63, 3.8) is 0 Å². The Hall–Kier alpha value is -1.14. The summed E-state index contributed by atoms with van der Waals surface area (Å²) >= 11 is 6.80. The zero-order chi connectivity index (χ0) is 11.7. The molecule has 2 rings (SSSR count). The van der Waals surface area contributed by atoms with E-state index in [0.29, 0.717) is 18.0 Å². The number of rotatable bonds is 2. The van der Waals surface area contributed by atoms with Gasteiger partial charge in [0.05, 0.1) is 15.2 Å². The summed E-state index contributed by atoms with van der Waals surface area (Å²) in [5.74, 6) is -0.166. The van der Waals surface area contributed by atoms with Crippen LogP contribution in [0.25, 0.3) is 0 Å². The van der Waals surface area contributed by atoms with Gasteiger partial charge in [0.1, 0.15) is 0 Å². The van der Waals surface area contributed by atoms with E-state index in [9.17, 15) is 14.9 Å². The highest BCUT2D eigenvalue weighted by atomic mass is 35.5. The van der Waals surface area contributed by atoms with Crippen molar-refractivity contribution in [2.75, 3.05) is 13.1 Å². The molecule has 1 unspecified atom stereocenters. The van der Waals surface area contributed by atoms with Crippen molar-refractivity contribution >= 4 is 33.8 Å². The second-order valence-electron chi connectivity index (χ2n) is 3.53. The molecule has 7 heteroatoms. The van der Waals surface area contributed by atoms with Gasteiger partial charge in [-0.05, 0) is 12.5 Å². The Morgan fingerprint density at radius 1 is 1.62 bits per heavy atom. The van der Waals surface area contributed by atoms with Gasteiger partial charge in [-0.3, -0.25) is 14.9 Å². The van der Waals surface area contributed by atoms with Gasteiger partial charge < -0.3 is 4.90 Å². The van der Waals surface area contributed by atoms with Crippen LogP contribution in [0.4, 0.5) is 5.00 Å². The molecule has 86 valence electrons. The number of amides is 1. The number of nitro groups is 1. The zero-order valence-electron chi connectivity index (χ0n) is 8.26. The number of carbonyl (C=O) groups is 1. The fourth-order valence-electron chi connectivity index (χ4n) is 1.60. The predicted molar refractivity (Wildman–Crippen MR) is 61.1 cm³/mol. The largest absolute Gasteiger partial charge is 0.336 e. The molecule has 0 aromatic carbocycles. The van der Waals surface area contributed by atoms with E-state index < -0.39 is 4.92 Å². The molecule has 2 heterocycles. The van der Waals surface area contributed by atoms with Crippen LogP contribution < -0.4 is 0 Å². The highest BCUT2D eigenvalue weighted by Gasteiger charge is 2.27. The van der Waals surface area contributed by atoms with Gasteiger partial charge in [-0.1, -0.05) is 11.3 Å². The zero-order valence-corrected chi connectivity index (χ0v) is 9.83. The van der Waals surface area contributed by atoms with E-state index in [-0.39, 0.29) is 16.3 Å². The lowest BCUT2D eigenvalue weighted by Crippen LogP contribution is -2.28. The Morgan fingerprint density at radius 3 is 2.88 bits per heavy atom. The molecular formula is C9H9ClN2O3S. The van der Waals surface area contributed by atoms with E-state index >= 15 is 0 Å². The molecule has 1 aromatic heterocycles. The SMILES string of the molecule is O=C(c1ccc([N+](=O)[O-])s1)N1CCC(Cl)C1. The first-order valence-corrected chi connectivity index (χ1v) is 6.01. The molecule has 1 aliphatic rings. The van der Waals surface area contributed by atoms with Crippen LogP contribution in [0, 0.1) is 10.1 Å². The minimum absolute atomic E-state index is 0.00102. The van der Waals surface area contributed by atoms with Gasteiger partial charge in [0.25, 0.3) is 5.91 Å². The fraction of sp³-hybridized carbons (Fsp3) is 0.444. The van der Waals surface area contributed by atoms with Crippen LogP contribution in [-0.4, -0.2) is 34.2 Å². The molecule has 1 atom stereocenters. The first kappa shape index (κ1) is 11.3. The van der Waals surface area contributed by atoms with Gasteiger partial charge in [0.15, 0.2) is 0 Å². The normalized spacial score (nSPS) is 20.1. The summed E-state index contributed by atoms with van der Waals surface area (Å²) in [7, 11) is 0. The van der Waals surface area contributed by atoms with Crippen LogP contribution in [0.15, 0.2) is 12.1 Å². The average Bonchev–Trinajstić information content (AvgIpc) is 2.84. The molecule has 0 spiro atoms. The first-order valence-electron chi connectivity index (χ1n) is 4.75. The molecule has 0 radical (unpaired) electrons. The van der Waals surface area contributed by atoms with Gasteiger partial charge in [-0.15, -0.1) is 11.6 Å². The highest BCUT2D eigenvalue weighted by Crippen LogP contribution is 2.26. The molecule has 0 saturated carbocycles. The first-order chi connectivity index (χ1) is 7.58. The summed E-state index contributed by atoms with van der Waals surface area (Å²) in [6.07, 6.45) is 0.779. The topological polar surface area (TPSA) is 63.4 Å². The smallest absolute Gasteiger partial charge is 0.324 e. The summed E-state index contributed by atoms with van der Waals surface area (Å²) in [5, 5.41) is 10.5. The Labute approximate surface area is 101 Å². The van der Waals surface area contributed by atoms with Crippen LogP contribution in [0.2, 0.25) is 0 Å². The number of likely N-dealkylation sites (tertiary alicyclic amines) is 1. The summed E-state index contributed by atoms with van der Waals surface area (Å²) in [4.78, 5) is 23.9. The molecule has 1 aliphatic heterocycles. The van der Waals surface area contributed by atoms with Crippen molar-refractivity contribution in [1.82, 2.24) is 4.90 Å². The summed E-state index contributed by atoms with van der Waals surface area (Å²) in [6.45, 7) is 1.14. The molecular weight excluding hydrogens is 252 g/mol. The number of hydrogen-bond donors (Lipinski definition) is 0. The van der Waals surface area contributed by atoms with E-state index in [1.165, 1.54) is 12.1 Å². The van der Waals surface area contributed by atoms with Crippen LogP contribution >= 0.6 is 22.9 Å². The molecule has 16 heavy (non-hydrogen) atoms. The molecule has 5 nitrogen and oxygen atoms in total. The Kier molecular flexibility index (Phi) is 3.11. The molecule has 0 N–H and O–H groups in total. The maximum Gasteiger partial charge on any atom is 0.324 e. The van der Waals surface area contributed by atoms with Crippen molar-refractivity contribution in [2.24, 2.45) is 0 Å². The van der Waals surface area contributed by atoms with E-state index in [2.05, 4.69) is 0 Å². The summed E-state index contributed by atoms with van der Waals surface area (Å²) in [5.41, 5.74) is 0. The van der Waals surface area contributed by atoms with E-state index in [0.717, 1.165) is 17.8 Å². The van der Waals surface area contributed by atoms with Crippen LogP contribution in [0.1, 0.15) is 16.1 Å². The lowest BCUT2D eigenvalue weighted by atomic mass is 10.4. The number of thiophene rings is 1. The van der Waals surface area contributed by atoms with Crippen molar-refractivity contribution in [2.45, 2.75) is 11.8 Å². The molecule has 1 amide bonds. The maximum atomic E-state index is 11.9. The van der Waals surface area contributed by atoms with Crippen molar-refractivity contribution in [1.29, 1.82) is 0 Å². The van der Waals surface area contributed by atoms with Crippen molar-refractivity contribution in [3.8, 4) is 0 Å². The third-order valence-electron chi connectivity index (χ3n) is 2.40. The van der Waals surface area contributed by atoms with Crippen LogP contribution in [0.5, 0.6) is 0 Å². The minimum atomic E-state index is -0.490. The molecule has 1 saturated heterocycles. The number of hydrogen-bond acceptors (Lipinski definition) is 4. The Balaban J connectivity index is 2.11. The molecule has 0 bridgehead atoms. The number of halogens is 1. The van der Waals surface area contributed by atoms with Crippen molar-refractivity contribution < 1.29 is 9.72 Å². The Morgan fingerprint density at radius 2 is 2.38 bits per heavy atom. The van der Waals surface area contributed by atoms with E-state index in [4.69, 9.17) is 11.6 Å². The van der Waals surface area contributed by atoms with Gasteiger partial charge in [0.2, 0.25) is 0 Å². The Bertz CT molecular complexity index is 434. The quantitative estimate of drug-likeness (QED) is 0.465. The number of nitrogens with zero attached hydrogens (tertiary/aromatic N) is 2. The average molecular weight is 261 g/mol. The predicted octanol–water partition coefficient (Wildman–Crippen LogP) is 2.11. The fourth-order valence-corrected chi connectivity index (χ4v) is 2.65. The van der Waals surface area contributed by atoms with E-state index in [1.54, 1.807) is 4.90 Å². The number of alkyl halides is 1. The summed E-state index contributed by atoms with van der Waals surface area (Å²) < 4.78 is 0.